The van der Waals surface area contributed by atoms with Gasteiger partial charge in [0.2, 0.25) is 0 Å². The third-order valence-electron chi connectivity index (χ3n) is 3.22. The fourth-order valence-electron chi connectivity index (χ4n) is 2.17. The Hall–Kier alpha value is -1.06. The Bertz CT molecular complexity index is 346. The zero-order chi connectivity index (χ0) is 13.6. The first-order valence-corrected chi connectivity index (χ1v) is 6.73. The highest BCUT2D eigenvalue weighted by Crippen LogP contribution is 2.20. The van der Waals surface area contributed by atoms with E-state index in [4.69, 9.17) is 0 Å². The molecular weight excluding hydrogens is 226 g/mol. The molecule has 1 aromatic carbocycles. The van der Waals surface area contributed by atoms with Crippen molar-refractivity contribution in [2.75, 3.05) is 6.54 Å². The van der Waals surface area contributed by atoms with Crippen LogP contribution in [0.2, 0.25) is 0 Å². The van der Waals surface area contributed by atoms with E-state index in [1.807, 2.05) is 19.1 Å². The molecule has 0 heterocycles. The van der Waals surface area contributed by atoms with Gasteiger partial charge < -0.3 is 15.5 Å². The fraction of sp³-hybridized carbons (Fsp3) is 0.600. The number of phenolic OH excluding ortho intramolecular Hbond substituents is 1. The molecular formula is C15H25NO2. The maximum absolute atomic E-state index is 10.1. The van der Waals surface area contributed by atoms with Gasteiger partial charge in [0.05, 0.1) is 5.60 Å². The lowest BCUT2D eigenvalue weighted by Crippen LogP contribution is -2.39. The van der Waals surface area contributed by atoms with Gasteiger partial charge in [0, 0.05) is 12.6 Å². The highest BCUT2D eigenvalue weighted by Gasteiger charge is 2.20. The van der Waals surface area contributed by atoms with Crippen LogP contribution in [0.5, 0.6) is 5.75 Å². The molecule has 0 aliphatic heterocycles. The van der Waals surface area contributed by atoms with Crippen molar-refractivity contribution < 1.29 is 10.2 Å². The van der Waals surface area contributed by atoms with E-state index < -0.39 is 5.60 Å². The number of hydrogen-bond donors (Lipinski definition) is 3. The molecule has 0 aliphatic rings. The van der Waals surface area contributed by atoms with E-state index in [-0.39, 0.29) is 11.8 Å². The van der Waals surface area contributed by atoms with Crippen LogP contribution in [-0.2, 0) is 0 Å². The summed E-state index contributed by atoms with van der Waals surface area (Å²) in [4.78, 5) is 0. The van der Waals surface area contributed by atoms with Gasteiger partial charge >= 0.3 is 0 Å². The first-order chi connectivity index (χ1) is 8.48. The zero-order valence-electron chi connectivity index (χ0n) is 11.6. The number of nitrogens with one attached hydrogen (secondary N) is 1. The number of aliphatic hydroxyl groups is 1. The average Bonchev–Trinajstić information content (AvgIpc) is 2.32. The Balaban J connectivity index is 2.60. The number of rotatable bonds is 7. The minimum Gasteiger partial charge on any atom is -0.508 e. The van der Waals surface area contributed by atoms with Crippen LogP contribution in [-0.4, -0.2) is 22.4 Å². The van der Waals surface area contributed by atoms with Crippen molar-refractivity contribution in [2.45, 2.75) is 51.7 Å². The van der Waals surface area contributed by atoms with Gasteiger partial charge in [-0.2, -0.15) is 0 Å². The zero-order valence-corrected chi connectivity index (χ0v) is 11.6. The summed E-state index contributed by atoms with van der Waals surface area (Å²) in [5.41, 5.74) is 0.488. The van der Waals surface area contributed by atoms with Crippen molar-refractivity contribution >= 4 is 0 Å². The second-order valence-corrected chi connectivity index (χ2v) is 5.18. The van der Waals surface area contributed by atoms with Crippen LogP contribution >= 0.6 is 0 Å². The van der Waals surface area contributed by atoms with Gasteiger partial charge in [0.25, 0.3) is 0 Å². The molecule has 3 nitrogen and oxygen atoms in total. The van der Waals surface area contributed by atoms with Gasteiger partial charge in [-0.1, -0.05) is 32.4 Å². The van der Waals surface area contributed by atoms with Gasteiger partial charge in [0.1, 0.15) is 5.75 Å². The number of hydrogen-bond acceptors (Lipinski definition) is 3. The summed E-state index contributed by atoms with van der Waals surface area (Å²) in [6, 6.07) is 7.46. The molecule has 0 bridgehead atoms. The highest BCUT2D eigenvalue weighted by atomic mass is 16.3. The molecule has 0 saturated carbocycles. The SMILES string of the molecule is CCCC(C)(O)CNC(CC)c1ccc(O)cc1. The van der Waals surface area contributed by atoms with E-state index in [9.17, 15) is 10.2 Å². The maximum atomic E-state index is 10.1. The summed E-state index contributed by atoms with van der Waals surface area (Å²) in [5.74, 6) is 0.284. The minimum absolute atomic E-state index is 0.217. The highest BCUT2D eigenvalue weighted by molar-refractivity contribution is 5.28. The van der Waals surface area contributed by atoms with Crippen molar-refractivity contribution in [1.82, 2.24) is 5.32 Å². The van der Waals surface area contributed by atoms with Crippen molar-refractivity contribution in [3.8, 4) is 5.75 Å². The van der Waals surface area contributed by atoms with Gasteiger partial charge in [0.15, 0.2) is 0 Å². The number of aromatic hydroxyl groups is 1. The average molecular weight is 251 g/mol. The van der Waals surface area contributed by atoms with Crippen molar-refractivity contribution in [2.24, 2.45) is 0 Å². The third-order valence-corrected chi connectivity index (χ3v) is 3.22. The van der Waals surface area contributed by atoms with Gasteiger partial charge in [-0.3, -0.25) is 0 Å². The predicted molar refractivity (Wildman–Crippen MR) is 74.7 cm³/mol. The van der Waals surface area contributed by atoms with E-state index in [1.54, 1.807) is 12.1 Å². The molecule has 0 amide bonds. The van der Waals surface area contributed by atoms with Crippen LogP contribution in [0.25, 0.3) is 0 Å². The first-order valence-electron chi connectivity index (χ1n) is 6.73. The molecule has 0 radical (unpaired) electrons. The summed E-state index contributed by atoms with van der Waals surface area (Å²) in [6.07, 6.45) is 2.73. The van der Waals surface area contributed by atoms with Crippen LogP contribution in [0.3, 0.4) is 0 Å². The third kappa shape index (κ3) is 4.67. The predicted octanol–water partition coefficient (Wildman–Crippen LogP) is 2.98. The van der Waals surface area contributed by atoms with E-state index in [0.29, 0.717) is 6.54 Å². The molecule has 0 fully saturated rings. The van der Waals surface area contributed by atoms with Gasteiger partial charge in [-0.15, -0.1) is 0 Å². The normalized spacial score (nSPS) is 16.2. The topological polar surface area (TPSA) is 52.5 Å². The van der Waals surface area contributed by atoms with Crippen LogP contribution in [0.15, 0.2) is 24.3 Å². The summed E-state index contributed by atoms with van der Waals surface area (Å²) in [6.45, 7) is 6.64. The Labute approximate surface area is 110 Å². The van der Waals surface area contributed by atoms with E-state index in [1.165, 1.54) is 0 Å². The van der Waals surface area contributed by atoms with Crippen LogP contribution < -0.4 is 5.32 Å². The molecule has 1 rings (SSSR count). The Morgan fingerprint density at radius 2 is 1.83 bits per heavy atom. The van der Waals surface area contributed by atoms with E-state index in [0.717, 1.165) is 24.8 Å². The second-order valence-electron chi connectivity index (χ2n) is 5.18. The molecule has 0 spiro atoms. The number of benzene rings is 1. The molecule has 102 valence electrons. The summed E-state index contributed by atoms with van der Waals surface area (Å²) >= 11 is 0. The summed E-state index contributed by atoms with van der Waals surface area (Å²) < 4.78 is 0. The monoisotopic (exact) mass is 251 g/mol. The molecule has 0 aromatic heterocycles. The van der Waals surface area contributed by atoms with Crippen LogP contribution in [0.4, 0.5) is 0 Å². The Morgan fingerprint density at radius 3 is 2.33 bits per heavy atom. The summed E-state index contributed by atoms with van der Waals surface area (Å²) in [5, 5.41) is 22.8. The molecule has 0 aliphatic carbocycles. The number of phenols is 1. The lowest BCUT2D eigenvalue weighted by atomic mass is 9.98. The Kier molecular flexibility index (Phi) is 5.63. The molecule has 3 N–H and O–H groups in total. The van der Waals surface area contributed by atoms with Gasteiger partial charge in [-0.05, 0) is 37.5 Å². The molecule has 2 unspecified atom stereocenters. The molecule has 0 saturated heterocycles. The van der Waals surface area contributed by atoms with Crippen molar-refractivity contribution in [1.29, 1.82) is 0 Å². The van der Waals surface area contributed by atoms with Crippen LogP contribution in [0, 0.1) is 0 Å². The standard InChI is InChI=1S/C15H25NO2/c1-4-10-15(3,18)11-16-14(5-2)12-6-8-13(17)9-7-12/h6-9,14,16-18H,4-5,10-11H2,1-3H3. The van der Waals surface area contributed by atoms with E-state index >= 15 is 0 Å². The smallest absolute Gasteiger partial charge is 0.115 e. The van der Waals surface area contributed by atoms with Crippen molar-refractivity contribution in [3.05, 3.63) is 29.8 Å². The second kappa shape index (κ2) is 6.76. The first kappa shape index (κ1) is 15.0. The fourth-order valence-corrected chi connectivity index (χ4v) is 2.17. The maximum Gasteiger partial charge on any atom is 0.115 e. The van der Waals surface area contributed by atoms with Crippen molar-refractivity contribution in [3.63, 3.8) is 0 Å². The molecule has 1 aromatic rings. The van der Waals surface area contributed by atoms with Crippen LogP contribution in [0.1, 0.15) is 51.6 Å². The molecule has 2 atom stereocenters. The summed E-state index contributed by atoms with van der Waals surface area (Å²) in [7, 11) is 0. The van der Waals surface area contributed by atoms with E-state index in [2.05, 4.69) is 19.2 Å². The Morgan fingerprint density at radius 1 is 1.22 bits per heavy atom. The minimum atomic E-state index is -0.654. The van der Waals surface area contributed by atoms with Gasteiger partial charge in [-0.25, -0.2) is 0 Å². The largest absolute Gasteiger partial charge is 0.508 e. The lowest BCUT2D eigenvalue weighted by molar-refractivity contribution is 0.0469. The quantitative estimate of drug-likeness (QED) is 0.698. The molecule has 18 heavy (non-hydrogen) atoms. The molecule has 3 heteroatoms. The lowest BCUT2D eigenvalue weighted by Gasteiger charge is -2.27.